The zero-order valence-electron chi connectivity index (χ0n) is 23.7. The highest BCUT2D eigenvalue weighted by Gasteiger charge is 2.54. The van der Waals surface area contributed by atoms with E-state index in [1.807, 2.05) is 0 Å². The van der Waals surface area contributed by atoms with Gasteiger partial charge >= 0.3 is 0 Å². The molecule has 1 heterocycles. The molecule has 4 aromatic carbocycles. The molecular weight excluding hydrogens is 501 g/mol. The third kappa shape index (κ3) is 4.07. The van der Waals surface area contributed by atoms with Crippen LogP contribution in [-0.4, -0.2) is 8.24 Å². The fourth-order valence-corrected chi connectivity index (χ4v) is 12.8. The second-order valence-corrected chi connectivity index (χ2v) is 16.6. The van der Waals surface area contributed by atoms with Crippen molar-refractivity contribution in [3.05, 3.63) is 127 Å². The van der Waals surface area contributed by atoms with Gasteiger partial charge in [-0.15, -0.1) is 0 Å². The lowest BCUT2D eigenvalue weighted by Gasteiger charge is -2.49. The summed E-state index contributed by atoms with van der Waals surface area (Å²) in [6.07, 6.45) is 9.83. The summed E-state index contributed by atoms with van der Waals surface area (Å²) in [5, 5.41) is 3.72. The number of hydrogen-bond acceptors (Lipinski definition) is 2. The average Bonchev–Trinajstić information content (AvgIpc) is 3.40. The minimum absolute atomic E-state index is 0.557. The highest BCUT2D eigenvalue weighted by Crippen LogP contribution is 2.60. The summed E-state index contributed by atoms with van der Waals surface area (Å²) in [7, 11) is -2.04. The van der Waals surface area contributed by atoms with Gasteiger partial charge in [0.05, 0.1) is 22.7 Å². The largest absolute Gasteiger partial charge is 0.366 e. The summed E-state index contributed by atoms with van der Waals surface area (Å²) < 4.78 is 2.78. The fraction of sp³-hybridized carbons (Fsp3) is 0.243. The van der Waals surface area contributed by atoms with Crippen LogP contribution in [0.5, 0.6) is 0 Å². The first-order valence-corrected chi connectivity index (χ1v) is 17.9. The normalized spacial score (nSPS) is 23.1. The van der Waals surface area contributed by atoms with E-state index >= 15 is 0 Å². The van der Waals surface area contributed by atoms with Gasteiger partial charge in [0.15, 0.2) is 8.24 Å². The molecule has 1 fully saturated rings. The Morgan fingerprint density at radius 3 is 2.08 bits per heavy atom. The van der Waals surface area contributed by atoms with Crippen molar-refractivity contribution < 1.29 is 0 Å². The summed E-state index contributed by atoms with van der Waals surface area (Å²) in [4.78, 5) is 0. The molecule has 0 radical (unpaired) electrons. The van der Waals surface area contributed by atoms with E-state index < -0.39 is 8.24 Å². The van der Waals surface area contributed by atoms with Crippen molar-refractivity contribution in [1.82, 2.24) is 0 Å². The molecule has 0 aromatic heterocycles. The van der Waals surface area contributed by atoms with Crippen LogP contribution in [0.25, 0.3) is 16.7 Å². The van der Waals surface area contributed by atoms with Gasteiger partial charge in [-0.3, -0.25) is 0 Å². The molecule has 200 valence electrons. The zero-order valence-corrected chi connectivity index (χ0v) is 24.7. The Morgan fingerprint density at radius 1 is 0.750 bits per heavy atom. The lowest BCUT2D eigenvalue weighted by Crippen LogP contribution is -2.53. The molecule has 3 aliphatic rings. The Kier molecular flexibility index (Phi) is 6.28. The Hall–Kier alpha value is -3.82. The maximum atomic E-state index is 3.72. The van der Waals surface area contributed by atoms with Crippen molar-refractivity contribution in [3.8, 4) is 11.1 Å². The van der Waals surface area contributed by atoms with Gasteiger partial charge in [-0.05, 0) is 82.3 Å². The molecule has 40 heavy (non-hydrogen) atoms. The van der Waals surface area contributed by atoms with E-state index in [0.29, 0.717) is 23.3 Å². The first kappa shape index (κ1) is 25.2. The van der Waals surface area contributed by atoms with Crippen LogP contribution in [0.2, 0.25) is 18.6 Å². The van der Waals surface area contributed by atoms with E-state index in [-0.39, 0.29) is 0 Å². The minimum atomic E-state index is -2.04. The van der Waals surface area contributed by atoms with E-state index in [1.165, 1.54) is 57.9 Å². The van der Waals surface area contributed by atoms with Gasteiger partial charge < -0.3 is 9.88 Å². The number of allylic oxidation sites excluding steroid dienone is 4. The predicted octanol–water partition coefficient (Wildman–Crippen LogP) is 10.4. The molecule has 7 rings (SSSR count). The van der Waals surface area contributed by atoms with Crippen LogP contribution in [0.15, 0.2) is 121 Å². The summed E-state index contributed by atoms with van der Waals surface area (Å²) in [5.41, 5.74) is 11.3. The number of nitrogens with zero attached hydrogens (tertiary/aromatic N) is 1. The van der Waals surface area contributed by atoms with Crippen molar-refractivity contribution >= 4 is 36.6 Å². The first-order valence-electron chi connectivity index (χ1n) is 14.9. The molecule has 3 heteroatoms. The van der Waals surface area contributed by atoms with Gasteiger partial charge in [0.2, 0.25) is 0 Å². The maximum Gasteiger partial charge on any atom is 0.160 e. The Bertz CT molecular complexity index is 1560. The van der Waals surface area contributed by atoms with Gasteiger partial charge in [0.25, 0.3) is 0 Å². The third-order valence-electron chi connectivity index (χ3n) is 9.73. The van der Waals surface area contributed by atoms with Crippen LogP contribution in [0.3, 0.4) is 0 Å². The van der Waals surface area contributed by atoms with Crippen molar-refractivity contribution in [3.63, 3.8) is 0 Å². The number of fused-ring (bicyclic) bond motifs is 3. The van der Waals surface area contributed by atoms with E-state index in [2.05, 4.69) is 151 Å². The molecule has 4 atom stereocenters. The van der Waals surface area contributed by atoms with Gasteiger partial charge in [0.1, 0.15) is 0 Å². The van der Waals surface area contributed by atoms with E-state index in [1.54, 1.807) is 0 Å². The molecule has 2 aliphatic carbocycles. The van der Waals surface area contributed by atoms with Crippen LogP contribution in [0.1, 0.15) is 25.3 Å². The monoisotopic (exact) mass is 538 g/mol. The highest BCUT2D eigenvalue weighted by molar-refractivity contribution is 6.84. The Morgan fingerprint density at radius 2 is 1.38 bits per heavy atom. The number of nitrogens with one attached hydrogen (secondary N) is 1. The lowest BCUT2D eigenvalue weighted by molar-refractivity contribution is 0.499. The molecule has 0 saturated heterocycles. The number of anilines is 4. The third-order valence-corrected chi connectivity index (χ3v) is 13.9. The van der Waals surface area contributed by atoms with E-state index in [0.717, 1.165) is 0 Å². The van der Waals surface area contributed by atoms with Crippen LogP contribution in [-0.2, 0) is 0 Å². The standard InChI is InChI=1S/C37H38N2Si/c1-4-26-25-32-30(29-17-12-16-28(24-29)27-14-6-5-7-15-27)18-13-19-31(32)37(26)40(2,3)39-35-22-10-8-20-33(35)38-34-21-9-11-23-36(34)39/h5-24,26,31-32,37-38H,4,25H2,1-3H3/t26-,31+,32-,37?/m1/s1. The molecule has 2 nitrogen and oxygen atoms in total. The Balaban J connectivity index is 1.28. The average molecular weight is 539 g/mol. The second kappa shape index (κ2) is 9.98. The van der Waals surface area contributed by atoms with Crippen LogP contribution >= 0.6 is 0 Å². The molecule has 0 amide bonds. The van der Waals surface area contributed by atoms with E-state index in [4.69, 9.17) is 0 Å². The van der Waals surface area contributed by atoms with Gasteiger partial charge in [-0.25, -0.2) is 0 Å². The van der Waals surface area contributed by atoms with Crippen molar-refractivity contribution in [2.75, 3.05) is 9.88 Å². The fourth-order valence-electron chi connectivity index (χ4n) is 8.07. The number of hydrogen-bond donors (Lipinski definition) is 1. The topological polar surface area (TPSA) is 15.3 Å². The smallest absolute Gasteiger partial charge is 0.160 e. The predicted molar refractivity (Wildman–Crippen MR) is 174 cm³/mol. The van der Waals surface area contributed by atoms with Crippen molar-refractivity contribution in [2.24, 2.45) is 17.8 Å². The number of rotatable bonds is 5. The first-order chi connectivity index (χ1) is 19.6. The maximum absolute atomic E-state index is 3.72. The SMILES string of the molecule is CC[C@@H]1C[C@@H]2C(c3cccc(-c4ccccc4)c3)=CC=C[C@@H]2C1[Si](C)(C)N1c2ccccc2Nc2ccccc21. The molecule has 1 N–H and O–H groups in total. The molecule has 0 spiro atoms. The summed E-state index contributed by atoms with van der Waals surface area (Å²) >= 11 is 0. The molecule has 0 bridgehead atoms. The molecular formula is C37H38N2Si. The quantitative estimate of drug-likeness (QED) is 0.254. The summed E-state index contributed by atoms with van der Waals surface area (Å²) in [5.74, 6) is 1.82. The summed E-state index contributed by atoms with van der Waals surface area (Å²) in [6.45, 7) is 7.68. The molecule has 1 unspecified atom stereocenters. The van der Waals surface area contributed by atoms with Crippen molar-refractivity contribution in [1.29, 1.82) is 0 Å². The van der Waals surface area contributed by atoms with Crippen molar-refractivity contribution in [2.45, 2.75) is 38.4 Å². The number of benzene rings is 4. The van der Waals surface area contributed by atoms with Gasteiger partial charge in [-0.1, -0.05) is 117 Å². The minimum Gasteiger partial charge on any atom is -0.366 e. The number of para-hydroxylation sites is 4. The van der Waals surface area contributed by atoms with Gasteiger partial charge in [0, 0.05) is 0 Å². The Labute approximate surface area is 240 Å². The molecule has 1 saturated carbocycles. The summed E-state index contributed by atoms with van der Waals surface area (Å²) in [6, 6.07) is 37.8. The van der Waals surface area contributed by atoms with Crippen LogP contribution in [0, 0.1) is 17.8 Å². The van der Waals surface area contributed by atoms with Gasteiger partial charge in [-0.2, -0.15) is 0 Å². The van der Waals surface area contributed by atoms with Crippen LogP contribution in [0.4, 0.5) is 22.7 Å². The zero-order chi connectivity index (χ0) is 27.3. The lowest BCUT2D eigenvalue weighted by atomic mass is 9.80. The molecule has 4 aromatic rings. The van der Waals surface area contributed by atoms with Crippen LogP contribution < -0.4 is 9.88 Å². The van der Waals surface area contributed by atoms with E-state index in [9.17, 15) is 0 Å². The molecule has 1 aliphatic heterocycles. The second-order valence-electron chi connectivity index (χ2n) is 12.2. The highest BCUT2D eigenvalue weighted by atomic mass is 28.3.